The highest BCUT2D eigenvalue weighted by Crippen LogP contribution is 2.30. The first kappa shape index (κ1) is 12.8. The second-order valence-corrected chi connectivity index (χ2v) is 7.26. The van der Waals surface area contributed by atoms with Gasteiger partial charge in [-0.3, -0.25) is 9.69 Å². The highest BCUT2D eigenvalue weighted by atomic mass is 79.9. The van der Waals surface area contributed by atoms with E-state index in [2.05, 4.69) is 26.1 Å². The molecular formula is C7H7BrFN3O3S2. The van der Waals surface area contributed by atoms with E-state index in [1.165, 1.54) is 16.2 Å². The van der Waals surface area contributed by atoms with Crippen LogP contribution in [0.15, 0.2) is 3.92 Å². The predicted molar refractivity (Wildman–Crippen MR) is 63.0 cm³/mol. The van der Waals surface area contributed by atoms with Gasteiger partial charge in [0.05, 0.1) is 5.75 Å². The van der Waals surface area contributed by atoms with E-state index in [1.54, 1.807) is 0 Å². The zero-order valence-corrected chi connectivity index (χ0v) is 11.6. The number of amides is 1. The molecule has 2 rings (SSSR count). The molecule has 1 aliphatic heterocycles. The molecule has 0 aliphatic carbocycles. The first-order chi connectivity index (χ1) is 7.85. The van der Waals surface area contributed by atoms with Crippen molar-refractivity contribution in [2.24, 2.45) is 5.92 Å². The van der Waals surface area contributed by atoms with Crippen LogP contribution in [0.4, 0.5) is 9.02 Å². The quantitative estimate of drug-likeness (QED) is 0.763. The van der Waals surface area contributed by atoms with Gasteiger partial charge in [0.15, 0.2) is 3.92 Å². The van der Waals surface area contributed by atoms with Crippen molar-refractivity contribution in [3.63, 3.8) is 0 Å². The fourth-order valence-electron chi connectivity index (χ4n) is 1.67. The van der Waals surface area contributed by atoms with Crippen LogP contribution in [0, 0.1) is 5.92 Å². The van der Waals surface area contributed by atoms with E-state index in [4.69, 9.17) is 0 Å². The second kappa shape index (κ2) is 4.58. The molecule has 1 saturated heterocycles. The van der Waals surface area contributed by atoms with E-state index in [9.17, 15) is 17.1 Å². The normalized spacial score (nSPS) is 21.2. The Morgan fingerprint density at radius 1 is 1.53 bits per heavy atom. The Hall–Kier alpha value is -0.610. The standard InChI is InChI=1S/C7H7BrFN3O3S2/c8-6-10-11-7(16-6)12-2-4(1-5(12)13)3-17(9,14)15/h4H,1-3H2. The molecule has 2 heterocycles. The molecule has 1 unspecified atom stereocenters. The van der Waals surface area contributed by atoms with E-state index in [0.29, 0.717) is 9.05 Å². The Bertz CT molecular complexity index is 546. The van der Waals surface area contributed by atoms with Crippen molar-refractivity contribution in [2.45, 2.75) is 6.42 Å². The third-order valence-corrected chi connectivity index (χ3v) is 4.51. The van der Waals surface area contributed by atoms with Gasteiger partial charge in [0, 0.05) is 18.9 Å². The molecule has 0 saturated carbocycles. The monoisotopic (exact) mass is 343 g/mol. The molecular weight excluding hydrogens is 337 g/mol. The number of carbonyl (C=O) groups is 1. The second-order valence-electron chi connectivity index (χ2n) is 3.62. The maximum absolute atomic E-state index is 12.5. The Kier molecular flexibility index (Phi) is 3.46. The number of anilines is 1. The molecule has 1 aromatic rings. The fourth-order valence-corrected chi connectivity index (χ4v) is 3.57. The van der Waals surface area contributed by atoms with Crippen molar-refractivity contribution in [1.29, 1.82) is 0 Å². The topological polar surface area (TPSA) is 80.2 Å². The van der Waals surface area contributed by atoms with Crippen molar-refractivity contribution in [3.05, 3.63) is 3.92 Å². The highest BCUT2D eigenvalue weighted by Gasteiger charge is 2.35. The molecule has 1 atom stereocenters. The van der Waals surface area contributed by atoms with Crippen LogP contribution in [-0.2, 0) is 15.0 Å². The van der Waals surface area contributed by atoms with Crippen molar-refractivity contribution in [1.82, 2.24) is 10.2 Å². The third-order valence-electron chi connectivity index (χ3n) is 2.26. The van der Waals surface area contributed by atoms with Crippen LogP contribution in [0.2, 0.25) is 0 Å². The van der Waals surface area contributed by atoms with Gasteiger partial charge in [-0.1, -0.05) is 11.3 Å². The summed E-state index contributed by atoms with van der Waals surface area (Å²) in [6.45, 7) is 0.156. The SMILES string of the molecule is O=C1CC(CS(=O)(=O)F)CN1c1nnc(Br)s1. The van der Waals surface area contributed by atoms with Crippen molar-refractivity contribution >= 4 is 48.5 Å². The Balaban J connectivity index is 2.10. The predicted octanol–water partition coefficient (Wildman–Crippen LogP) is 0.953. The Labute approximate surface area is 109 Å². The summed E-state index contributed by atoms with van der Waals surface area (Å²) in [7, 11) is -4.55. The van der Waals surface area contributed by atoms with E-state index >= 15 is 0 Å². The lowest BCUT2D eigenvalue weighted by Gasteiger charge is -2.10. The lowest BCUT2D eigenvalue weighted by molar-refractivity contribution is -0.117. The lowest BCUT2D eigenvalue weighted by Crippen LogP contribution is -2.25. The van der Waals surface area contributed by atoms with E-state index < -0.39 is 21.9 Å². The van der Waals surface area contributed by atoms with Crippen LogP contribution in [0.1, 0.15) is 6.42 Å². The molecule has 0 spiro atoms. The van der Waals surface area contributed by atoms with E-state index in [1.807, 2.05) is 0 Å². The van der Waals surface area contributed by atoms with Crippen LogP contribution in [0.3, 0.4) is 0 Å². The molecule has 1 amide bonds. The maximum atomic E-state index is 12.5. The van der Waals surface area contributed by atoms with Gasteiger partial charge in [-0.05, 0) is 15.9 Å². The molecule has 10 heteroatoms. The Morgan fingerprint density at radius 2 is 2.24 bits per heavy atom. The minimum Gasteiger partial charge on any atom is -0.286 e. The zero-order chi connectivity index (χ0) is 12.6. The summed E-state index contributed by atoms with van der Waals surface area (Å²) >= 11 is 4.28. The number of nitrogens with zero attached hydrogens (tertiary/aromatic N) is 3. The molecule has 6 nitrogen and oxygen atoms in total. The van der Waals surface area contributed by atoms with Gasteiger partial charge >= 0.3 is 10.2 Å². The van der Waals surface area contributed by atoms with Crippen LogP contribution < -0.4 is 4.90 Å². The lowest BCUT2D eigenvalue weighted by atomic mass is 10.1. The van der Waals surface area contributed by atoms with Gasteiger partial charge in [0.2, 0.25) is 11.0 Å². The van der Waals surface area contributed by atoms with E-state index in [-0.39, 0.29) is 18.9 Å². The van der Waals surface area contributed by atoms with Gasteiger partial charge in [0.25, 0.3) is 0 Å². The summed E-state index contributed by atoms with van der Waals surface area (Å²) in [6.07, 6.45) is 0.0142. The summed E-state index contributed by atoms with van der Waals surface area (Å²) in [5.74, 6) is -1.42. The molecule has 0 radical (unpaired) electrons. The summed E-state index contributed by atoms with van der Waals surface area (Å²) < 4.78 is 34.1. The Morgan fingerprint density at radius 3 is 2.76 bits per heavy atom. The number of rotatable bonds is 3. The summed E-state index contributed by atoms with van der Waals surface area (Å²) in [6, 6.07) is 0. The van der Waals surface area contributed by atoms with Crippen LogP contribution in [0.5, 0.6) is 0 Å². The molecule has 1 aliphatic rings. The highest BCUT2D eigenvalue weighted by molar-refractivity contribution is 9.11. The van der Waals surface area contributed by atoms with Crippen molar-refractivity contribution in [2.75, 3.05) is 17.2 Å². The molecule has 1 fully saturated rings. The summed E-state index contributed by atoms with van der Waals surface area (Å²) in [5, 5.41) is 7.85. The maximum Gasteiger partial charge on any atom is 0.302 e. The largest absolute Gasteiger partial charge is 0.302 e. The summed E-state index contributed by atoms with van der Waals surface area (Å²) in [5.41, 5.74) is 0. The van der Waals surface area contributed by atoms with Gasteiger partial charge < -0.3 is 0 Å². The molecule has 0 bridgehead atoms. The van der Waals surface area contributed by atoms with Crippen LogP contribution in [0.25, 0.3) is 0 Å². The van der Waals surface area contributed by atoms with Crippen molar-refractivity contribution in [3.8, 4) is 0 Å². The number of aromatic nitrogens is 2. The smallest absolute Gasteiger partial charge is 0.286 e. The third kappa shape index (κ3) is 3.19. The van der Waals surface area contributed by atoms with Crippen LogP contribution >= 0.6 is 27.3 Å². The van der Waals surface area contributed by atoms with Gasteiger partial charge in [-0.15, -0.1) is 14.1 Å². The molecule has 0 aromatic carbocycles. The number of carbonyl (C=O) groups excluding carboxylic acids is 1. The fraction of sp³-hybridized carbons (Fsp3) is 0.571. The summed E-state index contributed by atoms with van der Waals surface area (Å²) in [4.78, 5) is 12.9. The zero-order valence-electron chi connectivity index (χ0n) is 8.34. The van der Waals surface area contributed by atoms with Crippen molar-refractivity contribution < 1.29 is 17.1 Å². The first-order valence-corrected chi connectivity index (χ1v) is 7.73. The minimum atomic E-state index is -4.55. The van der Waals surface area contributed by atoms with E-state index in [0.717, 1.165) is 0 Å². The molecule has 94 valence electrons. The average Bonchev–Trinajstić information content (AvgIpc) is 2.70. The first-order valence-electron chi connectivity index (χ1n) is 4.57. The number of hydrogen-bond acceptors (Lipinski definition) is 6. The van der Waals surface area contributed by atoms with Crippen LogP contribution in [-0.4, -0.2) is 36.8 Å². The molecule has 0 N–H and O–H groups in total. The number of hydrogen-bond donors (Lipinski definition) is 0. The molecule has 17 heavy (non-hydrogen) atoms. The average molecular weight is 344 g/mol. The van der Waals surface area contributed by atoms with Gasteiger partial charge in [0.1, 0.15) is 0 Å². The minimum absolute atomic E-state index is 0.0142. The molecule has 1 aromatic heterocycles. The number of halogens is 2. The van der Waals surface area contributed by atoms with Gasteiger partial charge in [-0.25, -0.2) is 0 Å². The van der Waals surface area contributed by atoms with Gasteiger partial charge in [-0.2, -0.15) is 8.42 Å².